The van der Waals surface area contributed by atoms with Crippen LogP contribution >= 0.6 is 0 Å². The summed E-state index contributed by atoms with van der Waals surface area (Å²) in [4.78, 5) is 4.70. The summed E-state index contributed by atoms with van der Waals surface area (Å²) < 4.78 is 3.69. The highest BCUT2D eigenvalue weighted by Crippen LogP contribution is 2.18. The van der Waals surface area contributed by atoms with Crippen LogP contribution in [0.5, 0.6) is 0 Å². The standard InChI is InChI=1S/C15H14N.C6H6N.CH3.Al/c1-12-7-3-5-9-14(12)11-16-15-10-6-4-8-13(15)2;7-6-4-2-1-3-5-6;;/h3-11H,1H2,2H3;1-5,7H;1H3;/q;-1;;+1. The van der Waals surface area contributed by atoms with E-state index in [1.54, 1.807) is 0 Å². The average molecular weight is 342 g/mol. The first-order chi connectivity index (χ1) is 12.2. The summed E-state index contributed by atoms with van der Waals surface area (Å²) in [5.74, 6) is 2.35. The Kier molecular flexibility index (Phi) is 6.06. The van der Waals surface area contributed by atoms with Gasteiger partial charge in [-0.15, -0.1) is 0 Å². The van der Waals surface area contributed by atoms with Crippen LogP contribution in [0.1, 0.15) is 16.7 Å². The van der Waals surface area contributed by atoms with Gasteiger partial charge in [0.1, 0.15) is 0 Å². The van der Waals surface area contributed by atoms with E-state index in [0.29, 0.717) is 0 Å². The molecule has 3 aromatic rings. The van der Waals surface area contributed by atoms with Gasteiger partial charge < -0.3 is 4.30 Å². The summed E-state index contributed by atoms with van der Waals surface area (Å²) in [7, 11) is 0. The van der Waals surface area contributed by atoms with Gasteiger partial charge in [0.05, 0.1) is 5.69 Å². The normalized spacial score (nSPS) is 10.8. The molecule has 0 aromatic heterocycles. The van der Waals surface area contributed by atoms with E-state index >= 15 is 0 Å². The molecule has 0 spiro atoms. The summed E-state index contributed by atoms with van der Waals surface area (Å²) in [6.07, 6.45) is 2.00. The molecule has 0 saturated carbocycles. The maximum atomic E-state index is 4.70. The van der Waals surface area contributed by atoms with E-state index in [9.17, 15) is 0 Å². The molecule has 1 N–H and O–H groups in total. The molecule has 25 heavy (non-hydrogen) atoms. The lowest BCUT2D eigenvalue weighted by molar-refractivity contribution is 1.33. The molecule has 0 amide bonds. The van der Waals surface area contributed by atoms with Crippen LogP contribution in [0.3, 0.4) is 0 Å². The van der Waals surface area contributed by atoms with Crippen LogP contribution in [0.4, 0.5) is 11.4 Å². The van der Waals surface area contributed by atoms with Crippen molar-refractivity contribution in [2.24, 2.45) is 4.99 Å². The molecule has 0 atom stereocenters. The lowest BCUT2D eigenvalue weighted by atomic mass is 10.1. The van der Waals surface area contributed by atoms with E-state index in [-0.39, 0.29) is 0 Å². The minimum absolute atomic E-state index is 1.03. The molecule has 3 rings (SSSR count). The maximum Gasteiger partial charge on any atom is 0.412 e. The number of nitrogens with zero attached hydrogens (tertiary/aromatic N) is 1. The van der Waals surface area contributed by atoms with Gasteiger partial charge in [0, 0.05) is 11.9 Å². The van der Waals surface area contributed by atoms with Gasteiger partial charge in [-0.05, 0) is 41.5 Å². The predicted octanol–water partition coefficient (Wildman–Crippen LogP) is 5.56. The van der Waals surface area contributed by atoms with Crippen molar-refractivity contribution in [1.82, 2.24) is 0 Å². The molecule has 0 radical (unpaired) electrons. The van der Waals surface area contributed by atoms with Crippen molar-refractivity contribution >= 4 is 32.0 Å². The van der Waals surface area contributed by atoms with E-state index in [4.69, 9.17) is 4.99 Å². The fourth-order valence-corrected chi connectivity index (χ4v) is 4.79. The average Bonchev–Trinajstić information content (AvgIpc) is 2.63. The molecule has 0 saturated heterocycles. The molecule has 124 valence electrons. The Labute approximate surface area is 154 Å². The van der Waals surface area contributed by atoms with E-state index in [1.807, 2.05) is 18.3 Å². The first-order valence-electron chi connectivity index (χ1n) is 8.71. The van der Waals surface area contributed by atoms with Crippen LogP contribution in [0.2, 0.25) is 5.79 Å². The first kappa shape index (κ1) is 17.5. The third-order valence-electron chi connectivity index (χ3n) is 4.23. The van der Waals surface area contributed by atoms with Crippen molar-refractivity contribution < 1.29 is 0 Å². The zero-order valence-electron chi connectivity index (χ0n) is 14.8. The number of anilines is 1. The third-order valence-corrected chi connectivity index (χ3v) is 6.10. The van der Waals surface area contributed by atoms with Gasteiger partial charge in [-0.3, -0.25) is 4.99 Å². The smallest absolute Gasteiger partial charge is 0.412 e. The molecule has 0 aliphatic carbocycles. The van der Waals surface area contributed by atoms with Crippen molar-refractivity contribution in [3.63, 3.8) is 0 Å². The Balaban J connectivity index is 1.73. The van der Waals surface area contributed by atoms with Crippen LogP contribution in [0, 0.1) is 6.92 Å². The van der Waals surface area contributed by atoms with Crippen LogP contribution in [-0.4, -0.2) is 20.6 Å². The monoisotopic (exact) mass is 342 g/mol. The summed E-state index contributed by atoms with van der Waals surface area (Å²) in [5, 5.41) is 1.09. The highest BCUT2D eigenvalue weighted by atomic mass is 27.2. The van der Waals surface area contributed by atoms with Gasteiger partial charge in [0.2, 0.25) is 0 Å². The largest absolute Gasteiger partial charge is 0.476 e. The molecular weight excluding hydrogens is 319 g/mol. The van der Waals surface area contributed by atoms with Gasteiger partial charge >= 0.3 is 14.4 Å². The molecular formula is C22H23AlN2. The van der Waals surface area contributed by atoms with Crippen molar-refractivity contribution in [3.05, 3.63) is 95.6 Å². The number of aryl methyl sites for hydroxylation is 1. The SMILES string of the molecule is Cc1ccccc1N=Cc1ccccc1[CH2][Al]([CH3])[NH]c1ccccc1. The highest BCUT2D eigenvalue weighted by molar-refractivity contribution is 6.60. The number of hydrogen-bond donors (Lipinski definition) is 1. The summed E-state index contributed by atoms with van der Waals surface area (Å²) in [6, 6.07) is 27.3. The van der Waals surface area contributed by atoms with Crippen molar-refractivity contribution in [1.29, 1.82) is 0 Å². The topological polar surface area (TPSA) is 24.4 Å². The second-order valence-corrected chi connectivity index (χ2v) is 8.86. The van der Waals surface area contributed by atoms with E-state index in [1.165, 1.54) is 22.4 Å². The second-order valence-electron chi connectivity index (χ2n) is 6.36. The lowest BCUT2D eigenvalue weighted by Gasteiger charge is -2.12. The zero-order chi connectivity index (χ0) is 17.5. The first-order valence-corrected chi connectivity index (χ1v) is 11.3. The van der Waals surface area contributed by atoms with Crippen LogP contribution in [0.15, 0.2) is 83.9 Å². The fourth-order valence-electron chi connectivity index (χ4n) is 2.89. The molecule has 0 unspecified atom stereocenters. The Hall–Kier alpha value is -2.34. The van der Waals surface area contributed by atoms with Crippen LogP contribution < -0.4 is 4.30 Å². The molecule has 0 bridgehead atoms. The van der Waals surface area contributed by atoms with Crippen LogP contribution in [0.25, 0.3) is 0 Å². The third kappa shape index (κ3) is 5.07. The number of rotatable bonds is 6. The Bertz CT molecular complexity index is 843. The molecule has 0 aliphatic heterocycles. The minimum atomic E-state index is -1.10. The zero-order valence-corrected chi connectivity index (χ0v) is 16.0. The number of nitrogens with one attached hydrogen (secondary N) is 1. The molecule has 2 nitrogen and oxygen atoms in total. The molecule has 0 heterocycles. The number of para-hydroxylation sites is 2. The Morgan fingerprint density at radius 1 is 0.880 bits per heavy atom. The quantitative estimate of drug-likeness (QED) is 0.460. The number of hydrogen-bond acceptors (Lipinski definition) is 2. The second kappa shape index (κ2) is 8.67. The highest BCUT2D eigenvalue weighted by Gasteiger charge is 2.14. The summed E-state index contributed by atoms with van der Waals surface area (Å²) in [5.41, 5.74) is 6.02. The Morgan fingerprint density at radius 2 is 1.56 bits per heavy atom. The van der Waals surface area contributed by atoms with Gasteiger partial charge in [0.15, 0.2) is 0 Å². The maximum absolute atomic E-state index is 4.70. The Morgan fingerprint density at radius 3 is 2.36 bits per heavy atom. The van der Waals surface area contributed by atoms with Crippen LogP contribution in [-0.2, 0) is 5.28 Å². The van der Waals surface area contributed by atoms with E-state index in [2.05, 4.69) is 83.7 Å². The fraction of sp³-hybridized carbons (Fsp3) is 0.136. The lowest BCUT2D eigenvalue weighted by Crippen LogP contribution is -2.24. The summed E-state index contributed by atoms with van der Waals surface area (Å²) in [6.45, 7) is 2.09. The van der Waals surface area contributed by atoms with E-state index in [0.717, 1.165) is 11.0 Å². The van der Waals surface area contributed by atoms with Crippen molar-refractivity contribution in [2.45, 2.75) is 18.0 Å². The van der Waals surface area contributed by atoms with Crippen molar-refractivity contribution in [2.75, 3.05) is 4.30 Å². The van der Waals surface area contributed by atoms with Crippen molar-refractivity contribution in [3.8, 4) is 0 Å². The molecule has 3 aromatic carbocycles. The molecule has 3 heteroatoms. The predicted molar refractivity (Wildman–Crippen MR) is 110 cm³/mol. The van der Waals surface area contributed by atoms with Gasteiger partial charge in [0.25, 0.3) is 0 Å². The van der Waals surface area contributed by atoms with Gasteiger partial charge in [-0.2, -0.15) is 0 Å². The van der Waals surface area contributed by atoms with Gasteiger partial charge in [-0.25, -0.2) is 0 Å². The number of benzene rings is 3. The minimum Gasteiger partial charge on any atom is -0.476 e. The molecule has 0 aliphatic rings. The number of aliphatic imine (C=N–C) groups is 1. The molecule has 0 fully saturated rings. The van der Waals surface area contributed by atoms with Gasteiger partial charge in [-0.1, -0.05) is 72.0 Å². The van der Waals surface area contributed by atoms with E-state index < -0.39 is 14.4 Å². The summed E-state index contributed by atoms with van der Waals surface area (Å²) >= 11 is -1.10.